The minimum Gasteiger partial charge on any atom is -0.624 e. The van der Waals surface area contributed by atoms with Gasteiger partial charge in [-0.05, 0) is 19.3 Å². The fourth-order valence-corrected chi connectivity index (χ4v) is 1.24. The molecule has 1 heterocycles. The van der Waals surface area contributed by atoms with E-state index < -0.39 is 10.7 Å². The van der Waals surface area contributed by atoms with Crippen LogP contribution in [0.2, 0.25) is 0 Å². The Hall–Kier alpha value is -0.610. The van der Waals surface area contributed by atoms with Crippen molar-refractivity contribution in [2.24, 2.45) is 5.73 Å². The number of hydroxylamine groups is 3. The van der Waals surface area contributed by atoms with Crippen LogP contribution in [-0.2, 0) is 0 Å². The molecule has 0 spiro atoms. The van der Waals surface area contributed by atoms with Gasteiger partial charge < -0.3 is 10.9 Å². The Morgan fingerprint density at radius 1 is 1.30 bits per heavy atom. The van der Waals surface area contributed by atoms with E-state index in [9.17, 15) is 10.0 Å². The van der Waals surface area contributed by atoms with E-state index in [0.29, 0.717) is 13.1 Å². The highest BCUT2D eigenvalue weighted by atomic mass is 16.6. The van der Waals surface area contributed by atoms with E-state index in [0.717, 1.165) is 19.3 Å². The second-order valence-electron chi connectivity index (χ2n) is 2.74. The number of amides is 2. The number of likely N-dealkylation sites (tertiary alicyclic amines) is 1. The van der Waals surface area contributed by atoms with Gasteiger partial charge in [0.2, 0.25) is 0 Å². The molecule has 0 bridgehead atoms. The number of quaternary nitrogens is 1. The van der Waals surface area contributed by atoms with Crippen LogP contribution in [0.15, 0.2) is 0 Å². The summed E-state index contributed by atoms with van der Waals surface area (Å²) in [5.74, 6) is 0. The summed E-state index contributed by atoms with van der Waals surface area (Å²) in [4.78, 5) is 10.6. The Balaban J connectivity index is 2.56. The molecule has 0 aromatic carbocycles. The van der Waals surface area contributed by atoms with Crippen molar-refractivity contribution in [3.63, 3.8) is 0 Å². The maximum absolute atomic E-state index is 11.3. The van der Waals surface area contributed by atoms with Crippen molar-refractivity contribution in [3.8, 4) is 0 Å². The molecule has 0 atom stereocenters. The molecule has 1 aliphatic heterocycles. The third kappa shape index (κ3) is 1.27. The number of nitrogens with zero attached hydrogens (tertiary/aromatic N) is 1. The summed E-state index contributed by atoms with van der Waals surface area (Å²) in [6, 6.07) is -0.736. The second kappa shape index (κ2) is 2.56. The summed E-state index contributed by atoms with van der Waals surface area (Å²) >= 11 is 0. The molecule has 1 saturated heterocycles. The molecular weight excluding hydrogens is 132 g/mol. The topological polar surface area (TPSA) is 66.2 Å². The summed E-state index contributed by atoms with van der Waals surface area (Å²) in [7, 11) is 0. The number of carbonyl (C=O) groups excluding carboxylic acids is 1. The molecule has 0 aromatic rings. The predicted octanol–water partition coefficient (Wildman–Crippen LogP) is 0.564. The summed E-state index contributed by atoms with van der Waals surface area (Å²) in [5.41, 5.74) is 4.92. The summed E-state index contributed by atoms with van der Waals surface area (Å²) in [5, 5.41) is 11.3. The highest BCUT2D eigenvalue weighted by Crippen LogP contribution is 2.16. The number of nitrogens with two attached hydrogens (primary N) is 1. The van der Waals surface area contributed by atoms with Gasteiger partial charge in [-0.3, -0.25) is 4.65 Å². The van der Waals surface area contributed by atoms with Crippen LogP contribution in [0.5, 0.6) is 0 Å². The lowest BCUT2D eigenvalue weighted by Crippen LogP contribution is -2.53. The Morgan fingerprint density at radius 2 is 1.80 bits per heavy atom. The van der Waals surface area contributed by atoms with E-state index >= 15 is 0 Å². The Morgan fingerprint density at radius 3 is 2.10 bits per heavy atom. The van der Waals surface area contributed by atoms with Gasteiger partial charge in [-0.1, -0.05) is 0 Å². The Bertz CT molecular complexity index is 141. The summed E-state index contributed by atoms with van der Waals surface area (Å²) in [6.07, 6.45) is 2.70. The Kier molecular flexibility index (Phi) is 1.92. The molecule has 10 heavy (non-hydrogen) atoms. The molecular formula is C6H12N2O2. The van der Waals surface area contributed by atoms with Crippen molar-refractivity contribution in [2.75, 3.05) is 13.1 Å². The normalized spacial score (nSPS) is 24.1. The van der Waals surface area contributed by atoms with Gasteiger partial charge in [-0.15, -0.1) is 0 Å². The van der Waals surface area contributed by atoms with Gasteiger partial charge in [0.15, 0.2) is 0 Å². The Labute approximate surface area is 59.8 Å². The molecule has 2 N–H and O–H groups in total. The third-order valence-corrected chi connectivity index (χ3v) is 1.94. The van der Waals surface area contributed by atoms with Crippen LogP contribution >= 0.6 is 0 Å². The fourth-order valence-electron chi connectivity index (χ4n) is 1.24. The molecule has 0 saturated carbocycles. The fraction of sp³-hybridized carbons (Fsp3) is 0.833. The van der Waals surface area contributed by atoms with Crippen molar-refractivity contribution in [1.29, 1.82) is 0 Å². The van der Waals surface area contributed by atoms with Gasteiger partial charge in [0.25, 0.3) is 0 Å². The quantitative estimate of drug-likeness (QED) is 0.399. The van der Waals surface area contributed by atoms with E-state index in [4.69, 9.17) is 5.73 Å². The van der Waals surface area contributed by atoms with Crippen LogP contribution in [-0.4, -0.2) is 23.8 Å². The molecule has 0 aliphatic carbocycles. The number of hydrogen-bond donors (Lipinski definition) is 1. The van der Waals surface area contributed by atoms with Crippen molar-refractivity contribution in [2.45, 2.75) is 19.3 Å². The molecule has 4 heteroatoms. The molecule has 0 unspecified atom stereocenters. The molecule has 0 aromatic heterocycles. The molecule has 1 aliphatic rings. The molecule has 2 amide bonds. The van der Waals surface area contributed by atoms with Gasteiger partial charge in [0, 0.05) is 0 Å². The van der Waals surface area contributed by atoms with E-state index in [1.54, 1.807) is 0 Å². The van der Waals surface area contributed by atoms with Crippen molar-refractivity contribution in [1.82, 2.24) is 0 Å². The largest absolute Gasteiger partial charge is 0.624 e. The number of primary amides is 1. The van der Waals surface area contributed by atoms with Crippen LogP contribution in [0.3, 0.4) is 0 Å². The van der Waals surface area contributed by atoms with Crippen molar-refractivity contribution >= 4 is 6.03 Å². The lowest BCUT2D eigenvalue weighted by molar-refractivity contribution is -0.803. The predicted molar refractivity (Wildman–Crippen MR) is 36.8 cm³/mol. The molecule has 1 rings (SSSR count). The molecule has 1 fully saturated rings. The number of rotatable bonds is 0. The van der Waals surface area contributed by atoms with E-state index in [2.05, 4.69) is 0 Å². The van der Waals surface area contributed by atoms with E-state index in [-0.39, 0.29) is 0 Å². The zero-order chi connectivity index (χ0) is 7.61. The molecule has 4 nitrogen and oxygen atoms in total. The monoisotopic (exact) mass is 144 g/mol. The number of hydrogen-bond acceptors (Lipinski definition) is 2. The first-order chi connectivity index (χ1) is 4.65. The van der Waals surface area contributed by atoms with Gasteiger partial charge in [0.05, 0.1) is 13.1 Å². The van der Waals surface area contributed by atoms with Gasteiger partial charge >= 0.3 is 6.03 Å². The first-order valence-corrected chi connectivity index (χ1v) is 3.53. The summed E-state index contributed by atoms with van der Waals surface area (Å²) in [6.45, 7) is 0.741. The van der Waals surface area contributed by atoms with Crippen LogP contribution in [0.4, 0.5) is 4.79 Å². The summed E-state index contributed by atoms with van der Waals surface area (Å²) < 4.78 is -0.806. The van der Waals surface area contributed by atoms with Crippen LogP contribution in [0, 0.1) is 5.21 Å². The number of carbonyl (C=O) groups is 1. The zero-order valence-corrected chi connectivity index (χ0v) is 5.88. The van der Waals surface area contributed by atoms with Crippen molar-refractivity contribution < 1.29 is 9.44 Å². The van der Waals surface area contributed by atoms with Crippen molar-refractivity contribution in [3.05, 3.63) is 5.21 Å². The number of urea groups is 1. The van der Waals surface area contributed by atoms with Gasteiger partial charge in [-0.25, -0.2) is 4.79 Å². The van der Waals surface area contributed by atoms with E-state index in [1.165, 1.54) is 0 Å². The van der Waals surface area contributed by atoms with Crippen LogP contribution in [0.25, 0.3) is 0 Å². The zero-order valence-electron chi connectivity index (χ0n) is 5.88. The lowest BCUT2D eigenvalue weighted by Gasteiger charge is -2.40. The third-order valence-electron chi connectivity index (χ3n) is 1.94. The molecule has 0 radical (unpaired) electrons. The van der Waals surface area contributed by atoms with E-state index in [1.807, 2.05) is 0 Å². The standard InChI is InChI=1S/C6H12N2O2/c7-6(9)8(10)4-2-1-3-5-8/h1-5H2,(H2,7,9). The highest BCUT2D eigenvalue weighted by molar-refractivity contribution is 5.64. The van der Waals surface area contributed by atoms with Crippen LogP contribution in [0.1, 0.15) is 19.3 Å². The lowest BCUT2D eigenvalue weighted by atomic mass is 10.1. The second-order valence-corrected chi connectivity index (χ2v) is 2.74. The average Bonchev–Trinajstić information content (AvgIpc) is 1.89. The minimum absolute atomic E-state index is 0.370. The first kappa shape index (κ1) is 7.50. The number of piperidine rings is 1. The average molecular weight is 144 g/mol. The van der Waals surface area contributed by atoms with Gasteiger partial charge in [0.1, 0.15) is 0 Å². The SMILES string of the molecule is NC(=O)[N+]1([O-])CCCCC1. The van der Waals surface area contributed by atoms with Crippen LogP contribution < -0.4 is 5.73 Å². The smallest absolute Gasteiger partial charge is 0.414 e. The molecule has 58 valence electrons. The van der Waals surface area contributed by atoms with Gasteiger partial charge in [-0.2, -0.15) is 0 Å². The minimum atomic E-state index is -0.806. The highest BCUT2D eigenvalue weighted by Gasteiger charge is 2.26. The maximum atomic E-state index is 11.3. The maximum Gasteiger partial charge on any atom is 0.414 e. The first-order valence-electron chi connectivity index (χ1n) is 3.53.